The molecule has 18 heavy (non-hydrogen) atoms. The summed E-state index contributed by atoms with van der Waals surface area (Å²) in [6, 6.07) is 1.54. The second-order valence-electron chi connectivity index (χ2n) is 7.01. The standard InChI is InChI=1S/C16H32N2/c1-5-6-13(4)10-18-11-15(12(2)3)17-9-16(18)14-7-8-14/h12-17H,5-11H2,1-4H3. The van der Waals surface area contributed by atoms with E-state index in [4.69, 9.17) is 0 Å². The molecule has 1 aliphatic heterocycles. The summed E-state index contributed by atoms with van der Waals surface area (Å²) in [5.41, 5.74) is 0. The SMILES string of the molecule is CCCC(C)CN1CC(C(C)C)NCC1C1CC1. The number of rotatable bonds is 6. The van der Waals surface area contributed by atoms with Gasteiger partial charge >= 0.3 is 0 Å². The molecule has 2 nitrogen and oxygen atoms in total. The molecule has 2 rings (SSSR count). The lowest BCUT2D eigenvalue weighted by molar-refractivity contribution is 0.0841. The number of hydrogen-bond acceptors (Lipinski definition) is 2. The number of piperazine rings is 1. The van der Waals surface area contributed by atoms with E-state index in [9.17, 15) is 0 Å². The summed E-state index contributed by atoms with van der Waals surface area (Å²) < 4.78 is 0. The molecule has 0 spiro atoms. The van der Waals surface area contributed by atoms with E-state index in [2.05, 4.69) is 37.9 Å². The van der Waals surface area contributed by atoms with Crippen molar-refractivity contribution < 1.29 is 0 Å². The topological polar surface area (TPSA) is 15.3 Å². The first-order valence-corrected chi connectivity index (χ1v) is 8.09. The second kappa shape index (κ2) is 6.38. The lowest BCUT2D eigenvalue weighted by Gasteiger charge is -2.43. The van der Waals surface area contributed by atoms with Gasteiger partial charge in [-0.25, -0.2) is 0 Å². The van der Waals surface area contributed by atoms with E-state index in [0.29, 0.717) is 6.04 Å². The second-order valence-corrected chi connectivity index (χ2v) is 7.01. The molecular weight excluding hydrogens is 220 g/mol. The maximum atomic E-state index is 3.78. The monoisotopic (exact) mass is 252 g/mol. The van der Waals surface area contributed by atoms with Crippen molar-refractivity contribution in [2.24, 2.45) is 17.8 Å². The number of hydrogen-bond donors (Lipinski definition) is 1. The van der Waals surface area contributed by atoms with Crippen LogP contribution < -0.4 is 5.32 Å². The normalized spacial score (nSPS) is 31.8. The van der Waals surface area contributed by atoms with Crippen LogP contribution in [0.25, 0.3) is 0 Å². The van der Waals surface area contributed by atoms with Gasteiger partial charge in [-0.2, -0.15) is 0 Å². The summed E-state index contributed by atoms with van der Waals surface area (Å²) in [5, 5.41) is 3.78. The van der Waals surface area contributed by atoms with Crippen molar-refractivity contribution in [2.45, 2.75) is 65.5 Å². The maximum Gasteiger partial charge on any atom is 0.0249 e. The van der Waals surface area contributed by atoms with Gasteiger partial charge in [-0.05, 0) is 37.0 Å². The van der Waals surface area contributed by atoms with Gasteiger partial charge in [0.05, 0.1) is 0 Å². The Labute approximate surface area is 114 Å². The highest BCUT2D eigenvalue weighted by Crippen LogP contribution is 2.37. The fourth-order valence-electron chi connectivity index (χ4n) is 3.44. The third-order valence-corrected chi connectivity index (χ3v) is 4.79. The minimum Gasteiger partial charge on any atom is -0.311 e. The number of nitrogens with one attached hydrogen (secondary N) is 1. The van der Waals surface area contributed by atoms with Crippen LogP contribution in [0.2, 0.25) is 0 Å². The van der Waals surface area contributed by atoms with E-state index in [-0.39, 0.29) is 0 Å². The van der Waals surface area contributed by atoms with Gasteiger partial charge in [0.1, 0.15) is 0 Å². The molecule has 2 heteroatoms. The molecule has 1 saturated carbocycles. The van der Waals surface area contributed by atoms with Crippen LogP contribution in [0.3, 0.4) is 0 Å². The molecular formula is C16H32N2. The summed E-state index contributed by atoms with van der Waals surface area (Å²) in [7, 11) is 0. The Morgan fingerprint density at radius 2 is 1.94 bits per heavy atom. The first-order chi connectivity index (χ1) is 8.61. The van der Waals surface area contributed by atoms with Gasteiger partial charge < -0.3 is 5.32 Å². The molecule has 1 saturated heterocycles. The smallest absolute Gasteiger partial charge is 0.0249 e. The molecule has 3 atom stereocenters. The predicted octanol–water partition coefficient (Wildman–Crippen LogP) is 3.13. The molecule has 2 fully saturated rings. The van der Waals surface area contributed by atoms with Crippen LogP contribution >= 0.6 is 0 Å². The first kappa shape index (κ1) is 14.3. The highest BCUT2D eigenvalue weighted by molar-refractivity contribution is 4.95. The van der Waals surface area contributed by atoms with Gasteiger partial charge in [0.2, 0.25) is 0 Å². The van der Waals surface area contributed by atoms with E-state index < -0.39 is 0 Å². The zero-order valence-electron chi connectivity index (χ0n) is 12.8. The van der Waals surface area contributed by atoms with E-state index >= 15 is 0 Å². The van der Waals surface area contributed by atoms with Crippen LogP contribution in [-0.4, -0.2) is 36.6 Å². The number of nitrogens with zero attached hydrogens (tertiary/aromatic N) is 1. The largest absolute Gasteiger partial charge is 0.311 e. The Kier molecular flexibility index (Phi) is 5.08. The molecule has 1 N–H and O–H groups in total. The van der Waals surface area contributed by atoms with Crippen molar-refractivity contribution in [3.63, 3.8) is 0 Å². The van der Waals surface area contributed by atoms with E-state index in [1.807, 2.05) is 0 Å². The Morgan fingerprint density at radius 1 is 1.22 bits per heavy atom. The first-order valence-electron chi connectivity index (χ1n) is 8.09. The molecule has 2 aliphatic rings. The highest BCUT2D eigenvalue weighted by atomic mass is 15.2. The van der Waals surface area contributed by atoms with Crippen LogP contribution in [0.4, 0.5) is 0 Å². The molecule has 1 aliphatic carbocycles. The van der Waals surface area contributed by atoms with Crippen molar-refractivity contribution in [3.8, 4) is 0 Å². The Bertz CT molecular complexity index is 247. The van der Waals surface area contributed by atoms with Crippen molar-refractivity contribution in [1.82, 2.24) is 10.2 Å². The van der Waals surface area contributed by atoms with Crippen LogP contribution in [0, 0.1) is 17.8 Å². The van der Waals surface area contributed by atoms with Gasteiger partial charge in [-0.1, -0.05) is 34.1 Å². The minimum absolute atomic E-state index is 0.703. The molecule has 0 aromatic heterocycles. The molecule has 106 valence electrons. The minimum atomic E-state index is 0.703. The van der Waals surface area contributed by atoms with Gasteiger partial charge in [0, 0.05) is 31.7 Å². The molecule has 0 amide bonds. The van der Waals surface area contributed by atoms with Crippen LogP contribution in [0.15, 0.2) is 0 Å². The van der Waals surface area contributed by atoms with Crippen LogP contribution in [-0.2, 0) is 0 Å². The maximum absolute atomic E-state index is 3.78. The predicted molar refractivity (Wildman–Crippen MR) is 78.8 cm³/mol. The van der Waals surface area contributed by atoms with Gasteiger partial charge in [0.25, 0.3) is 0 Å². The fourth-order valence-corrected chi connectivity index (χ4v) is 3.44. The summed E-state index contributed by atoms with van der Waals surface area (Å²) in [5.74, 6) is 2.62. The van der Waals surface area contributed by atoms with Crippen molar-refractivity contribution in [1.29, 1.82) is 0 Å². The molecule has 0 aromatic rings. The average Bonchev–Trinajstić information content (AvgIpc) is 3.13. The fraction of sp³-hybridized carbons (Fsp3) is 1.00. The molecule has 1 heterocycles. The van der Waals surface area contributed by atoms with Gasteiger partial charge in [0.15, 0.2) is 0 Å². The molecule has 0 radical (unpaired) electrons. The Balaban J connectivity index is 1.91. The quantitative estimate of drug-likeness (QED) is 0.781. The molecule has 3 unspecified atom stereocenters. The zero-order chi connectivity index (χ0) is 13.1. The van der Waals surface area contributed by atoms with Crippen LogP contribution in [0.5, 0.6) is 0 Å². The van der Waals surface area contributed by atoms with E-state index in [1.165, 1.54) is 45.3 Å². The van der Waals surface area contributed by atoms with E-state index in [0.717, 1.165) is 23.8 Å². The third kappa shape index (κ3) is 3.71. The van der Waals surface area contributed by atoms with Crippen molar-refractivity contribution in [3.05, 3.63) is 0 Å². The summed E-state index contributed by atoms with van der Waals surface area (Å²) >= 11 is 0. The zero-order valence-corrected chi connectivity index (χ0v) is 12.8. The lowest BCUT2D eigenvalue weighted by Crippen LogP contribution is -2.59. The third-order valence-electron chi connectivity index (χ3n) is 4.79. The summed E-state index contributed by atoms with van der Waals surface area (Å²) in [4.78, 5) is 2.82. The molecule has 0 bridgehead atoms. The highest BCUT2D eigenvalue weighted by Gasteiger charge is 2.39. The summed E-state index contributed by atoms with van der Waals surface area (Å²) in [6.07, 6.45) is 5.65. The van der Waals surface area contributed by atoms with Gasteiger partial charge in [-0.15, -0.1) is 0 Å². The molecule has 0 aromatic carbocycles. The summed E-state index contributed by atoms with van der Waals surface area (Å²) in [6.45, 7) is 13.3. The average molecular weight is 252 g/mol. The van der Waals surface area contributed by atoms with E-state index in [1.54, 1.807) is 0 Å². The van der Waals surface area contributed by atoms with Crippen molar-refractivity contribution in [2.75, 3.05) is 19.6 Å². The lowest BCUT2D eigenvalue weighted by atomic mass is 9.95. The van der Waals surface area contributed by atoms with Crippen LogP contribution in [0.1, 0.15) is 53.4 Å². The van der Waals surface area contributed by atoms with Crippen molar-refractivity contribution >= 4 is 0 Å². The van der Waals surface area contributed by atoms with Gasteiger partial charge in [-0.3, -0.25) is 4.90 Å². The Hall–Kier alpha value is -0.0800. The Morgan fingerprint density at radius 3 is 2.50 bits per heavy atom.